The van der Waals surface area contributed by atoms with Gasteiger partial charge in [0.05, 0.1) is 30.6 Å². The molecule has 38 heavy (non-hydrogen) atoms. The van der Waals surface area contributed by atoms with Crippen molar-refractivity contribution in [1.82, 2.24) is 14.8 Å². The average molecular weight is 527 g/mol. The summed E-state index contributed by atoms with van der Waals surface area (Å²) >= 11 is 0. The van der Waals surface area contributed by atoms with Crippen molar-refractivity contribution in [2.24, 2.45) is 0 Å². The molecule has 2 aliphatic rings. The number of ether oxygens (including phenoxy) is 1. The molecule has 2 aliphatic heterocycles. The summed E-state index contributed by atoms with van der Waals surface area (Å²) in [5.74, 6) is -0.351. The van der Waals surface area contributed by atoms with Crippen LogP contribution in [0.3, 0.4) is 0 Å². The molecule has 2 aromatic rings. The van der Waals surface area contributed by atoms with Gasteiger partial charge in [-0.3, -0.25) is 14.7 Å². The van der Waals surface area contributed by atoms with Gasteiger partial charge in [-0.25, -0.2) is 9.18 Å². The molecular formula is C29H39FN4O4. The Morgan fingerprint density at radius 1 is 1.16 bits per heavy atom. The van der Waals surface area contributed by atoms with Crippen molar-refractivity contribution in [3.05, 3.63) is 59.2 Å². The summed E-state index contributed by atoms with van der Waals surface area (Å²) in [6, 6.07) is 7.84. The predicted octanol–water partition coefficient (Wildman–Crippen LogP) is 3.74. The van der Waals surface area contributed by atoms with E-state index >= 15 is 0 Å². The van der Waals surface area contributed by atoms with E-state index in [0.29, 0.717) is 19.5 Å². The molecule has 0 saturated carbocycles. The molecule has 1 fully saturated rings. The maximum absolute atomic E-state index is 13.7. The fourth-order valence-corrected chi connectivity index (χ4v) is 5.24. The van der Waals surface area contributed by atoms with Gasteiger partial charge in [0, 0.05) is 37.3 Å². The van der Waals surface area contributed by atoms with Crippen LogP contribution in [-0.2, 0) is 21.4 Å². The molecule has 0 radical (unpaired) electrons. The second kappa shape index (κ2) is 10.6. The summed E-state index contributed by atoms with van der Waals surface area (Å²) < 4.78 is 18.9. The molecule has 9 heteroatoms. The van der Waals surface area contributed by atoms with Crippen LogP contribution in [0.25, 0.3) is 0 Å². The normalized spacial score (nSPS) is 21.4. The topological polar surface area (TPSA) is 86.2 Å². The highest BCUT2D eigenvalue weighted by atomic mass is 19.1. The highest BCUT2D eigenvalue weighted by molar-refractivity contribution is 5.97. The van der Waals surface area contributed by atoms with Crippen molar-refractivity contribution in [1.29, 1.82) is 0 Å². The summed E-state index contributed by atoms with van der Waals surface area (Å²) in [7, 11) is 0. The number of hydrogen-bond donors (Lipinski definition) is 1. The van der Waals surface area contributed by atoms with Crippen LogP contribution in [0.5, 0.6) is 0 Å². The highest BCUT2D eigenvalue weighted by Crippen LogP contribution is 2.40. The number of hydrogen-bond acceptors (Lipinski definition) is 6. The predicted molar refractivity (Wildman–Crippen MR) is 144 cm³/mol. The lowest BCUT2D eigenvalue weighted by molar-refractivity contribution is -0.121. The van der Waals surface area contributed by atoms with E-state index in [1.165, 1.54) is 12.1 Å². The first-order valence-corrected chi connectivity index (χ1v) is 13.2. The minimum atomic E-state index is -0.613. The second-order valence-electron chi connectivity index (χ2n) is 12.1. The molecule has 0 aliphatic carbocycles. The number of carbonyl (C=O) groups is 2. The van der Waals surface area contributed by atoms with Crippen molar-refractivity contribution in [3.63, 3.8) is 0 Å². The minimum Gasteiger partial charge on any atom is -0.444 e. The SMILES string of the molecule is CC1CN(CC(=O)N2CC(C)(C)c3ncc(Cc4ccc(F)cc4)cc32)C(CO)CN1C(=O)OC(C)(C)C. The number of pyridine rings is 1. The second-order valence-corrected chi connectivity index (χ2v) is 12.1. The number of carbonyl (C=O) groups excluding carboxylic acids is 2. The lowest BCUT2D eigenvalue weighted by Gasteiger charge is -2.44. The van der Waals surface area contributed by atoms with E-state index in [4.69, 9.17) is 9.72 Å². The van der Waals surface area contributed by atoms with Gasteiger partial charge in [0.15, 0.2) is 0 Å². The lowest BCUT2D eigenvalue weighted by Crippen LogP contribution is -2.62. The van der Waals surface area contributed by atoms with E-state index in [1.807, 2.05) is 44.9 Å². The van der Waals surface area contributed by atoms with Gasteiger partial charge in [-0.05, 0) is 63.4 Å². The van der Waals surface area contributed by atoms with Gasteiger partial charge in [0.25, 0.3) is 0 Å². The van der Waals surface area contributed by atoms with E-state index in [9.17, 15) is 19.1 Å². The van der Waals surface area contributed by atoms with Crippen molar-refractivity contribution in [2.45, 2.75) is 71.1 Å². The van der Waals surface area contributed by atoms with Crippen LogP contribution in [0.15, 0.2) is 36.5 Å². The Balaban J connectivity index is 1.49. The van der Waals surface area contributed by atoms with E-state index in [0.717, 1.165) is 22.5 Å². The Bertz CT molecular complexity index is 1180. The van der Waals surface area contributed by atoms with Crippen molar-refractivity contribution in [3.8, 4) is 0 Å². The van der Waals surface area contributed by atoms with Gasteiger partial charge in [0.2, 0.25) is 5.91 Å². The number of aliphatic hydroxyl groups is 1. The number of anilines is 1. The van der Waals surface area contributed by atoms with Crippen LogP contribution in [-0.4, -0.2) is 82.4 Å². The number of aliphatic hydroxyl groups excluding tert-OH is 1. The number of aromatic nitrogens is 1. The first-order chi connectivity index (χ1) is 17.8. The third kappa shape index (κ3) is 6.15. The van der Waals surface area contributed by atoms with Crippen LogP contribution in [0, 0.1) is 5.82 Å². The maximum atomic E-state index is 13.7. The lowest BCUT2D eigenvalue weighted by atomic mass is 9.91. The quantitative estimate of drug-likeness (QED) is 0.639. The van der Waals surface area contributed by atoms with Gasteiger partial charge in [-0.2, -0.15) is 0 Å². The zero-order chi connectivity index (χ0) is 27.8. The van der Waals surface area contributed by atoms with Gasteiger partial charge in [0.1, 0.15) is 11.4 Å². The molecule has 4 rings (SSSR count). The molecule has 3 heterocycles. The Morgan fingerprint density at radius 3 is 2.47 bits per heavy atom. The Labute approximate surface area is 224 Å². The highest BCUT2D eigenvalue weighted by Gasteiger charge is 2.42. The smallest absolute Gasteiger partial charge is 0.410 e. The molecule has 1 saturated heterocycles. The Kier molecular flexibility index (Phi) is 7.81. The number of halogens is 1. The van der Waals surface area contributed by atoms with E-state index < -0.39 is 11.7 Å². The van der Waals surface area contributed by atoms with Gasteiger partial charge in [-0.1, -0.05) is 26.0 Å². The third-order valence-corrected chi connectivity index (χ3v) is 7.16. The van der Waals surface area contributed by atoms with E-state index in [-0.39, 0.29) is 48.9 Å². The van der Waals surface area contributed by atoms with Crippen LogP contribution in [0.4, 0.5) is 14.9 Å². The Morgan fingerprint density at radius 2 is 1.84 bits per heavy atom. The number of amides is 2. The number of nitrogens with zero attached hydrogens (tertiary/aromatic N) is 4. The molecular weight excluding hydrogens is 487 g/mol. The number of rotatable bonds is 5. The molecule has 1 aromatic carbocycles. The summed E-state index contributed by atoms with van der Waals surface area (Å²) in [6.07, 6.45) is 2.00. The standard InChI is InChI=1S/C29H39FN4O4/c1-19-14-32(23(17-35)15-33(19)27(37)38-28(2,3)4)16-25(36)34-18-29(5,6)26-24(34)12-21(13-31-26)11-20-7-9-22(30)10-8-20/h7-10,12-13,19,23,35H,11,14-18H2,1-6H3. The molecule has 0 bridgehead atoms. The van der Waals surface area contributed by atoms with Crippen LogP contribution in [0.1, 0.15) is 58.4 Å². The summed E-state index contributed by atoms with van der Waals surface area (Å²) in [4.78, 5) is 36.5. The maximum Gasteiger partial charge on any atom is 0.410 e. The van der Waals surface area contributed by atoms with E-state index in [1.54, 1.807) is 21.9 Å². The molecule has 0 spiro atoms. The summed E-state index contributed by atoms with van der Waals surface area (Å²) in [5.41, 5.74) is 2.65. The zero-order valence-corrected chi connectivity index (χ0v) is 23.2. The number of benzene rings is 1. The molecule has 1 N–H and O–H groups in total. The van der Waals surface area contributed by atoms with Gasteiger partial charge >= 0.3 is 6.09 Å². The molecule has 206 valence electrons. The Hall–Kier alpha value is -3.04. The van der Waals surface area contributed by atoms with Gasteiger partial charge < -0.3 is 19.6 Å². The molecule has 2 atom stereocenters. The average Bonchev–Trinajstić information content (AvgIpc) is 3.10. The third-order valence-electron chi connectivity index (χ3n) is 7.16. The van der Waals surface area contributed by atoms with Crippen molar-refractivity contribution < 1.29 is 23.8 Å². The van der Waals surface area contributed by atoms with Crippen LogP contribution in [0.2, 0.25) is 0 Å². The summed E-state index contributed by atoms with van der Waals surface area (Å²) in [6.45, 7) is 12.7. The number of fused-ring (bicyclic) bond motifs is 1. The largest absolute Gasteiger partial charge is 0.444 e. The first-order valence-electron chi connectivity index (χ1n) is 13.2. The fraction of sp³-hybridized carbons (Fsp3) is 0.552. The first kappa shape index (κ1) is 28.0. The van der Waals surface area contributed by atoms with E-state index in [2.05, 4.69) is 13.8 Å². The van der Waals surface area contributed by atoms with Crippen LogP contribution < -0.4 is 4.90 Å². The number of piperazine rings is 1. The fourth-order valence-electron chi connectivity index (χ4n) is 5.24. The monoisotopic (exact) mass is 526 g/mol. The minimum absolute atomic E-state index is 0.0751. The molecule has 1 aromatic heterocycles. The molecule has 8 nitrogen and oxygen atoms in total. The zero-order valence-electron chi connectivity index (χ0n) is 23.2. The summed E-state index contributed by atoms with van der Waals surface area (Å²) in [5, 5.41) is 10.1. The molecule has 2 unspecified atom stereocenters. The van der Waals surface area contributed by atoms with Crippen molar-refractivity contribution >= 4 is 17.7 Å². The van der Waals surface area contributed by atoms with Crippen molar-refractivity contribution in [2.75, 3.05) is 37.7 Å². The van der Waals surface area contributed by atoms with Crippen LogP contribution >= 0.6 is 0 Å². The van der Waals surface area contributed by atoms with Gasteiger partial charge in [-0.15, -0.1) is 0 Å². The molecule has 2 amide bonds.